The van der Waals surface area contributed by atoms with Crippen molar-refractivity contribution in [1.82, 2.24) is 29.5 Å². The number of oxazole rings is 1. The van der Waals surface area contributed by atoms with Crippen LogP contribution in [-0.4, -0.2) is 41.9 Å². The summed E-state index contributed by atoms with van der Waals surface area (Å²) >= 11 is 0. The number of nitrogens with zero attached hydrogens (tertiary/aromatic N) is 5. The van der Waals surface area contributed by atoms with Gasteiger partial charge in [0.1, 0.15) is 6.04 Å². The van der Waals surface area contributed by atoms with Crippen molar-refractivity contribution < 1.29 is 18.0 Å². The fourth-order valence-electron chi connectivity index (χ4n) is 4.17. The molecule has 1 amide bonds. The molecule has 158 valence electrons. The zero-order valence-electron chi connectivity index (χ0n) is 16.3. The number of fused-ring (bicyclic) bond motifs is 2. The van der Waals surface area contributed by atoms with Gasteiger partial charge in [-0.2, -0.15) is 5.10 Å². The van der Waals surface area contributed by atoms with Crippen molar-refractivity contribution in [2.45, 2.75) is 37.6 Å². The maximum atomic E-state index is 13.7. The van der Waals surface area contributed by atoms with E-state index in [0.717, 1.165) is 24.1 Å². The molecule has 5 heterocycles. The number of hydrogen-bond acceptors (Lipinski definition) is 5. The van der Waals surface area contributed by atoms with Crippen molar-refractivity contribution in [3.8, 4) is 0 Å². The van der Waals surface area contributed by atoms with E-state index in [1.165, 1.54) is 4.90 Å². The average molecular weight is 424 g/mol. The van der Waals surface area contributed by atoms with Gasteiger partial charge in [0.2, 0.25) is 5.76 Å². The van der Waals surface area contributed by atoms with E-state index in [0.29, 0.717) is 24.4 Å². The topological polar surface area (TPSA) is 92.3 Å². The summed E-state index contributed by atoms with van der Waals surface area (Å²) in [6, 6.07) is 6.91. The standard InChI is InChI=1S/C21H18F2N6O2/c22-19(23)16-18(31-20(26-16)11-4-5-11)21(30)28-8-6-13-15(25-10-24-13)17(28)14-9-12-3-1-2-7-29(12)27-14/h1-3,7,9-11,17,19H,4-6,8H2,(H,24,25)/t17-/m0/s1. The second-order valence-electron chi connectivity index (χ2n) is 7.90. The van der Waals surface area contributed by atoms with Gasteiger partial charge in [-0.05, 0) is 31.0 Å². The monoisotopic (exact) mass is 424 g/mol. The number of rotatable bonds is 4. The van der Waals surface area contributed by atoms with Crippen LogP contribution in [0.4, 0.5) is 8.78 Å². The molecule has 1 aliphatic carbocycles. The SMILES string of the molecule is O=C(c1oc(C2CC2)nc1C(F)F)N1CCc2[nH]cnc2[C@@H]1c1cc2ccccn2n1. The minimum atomic E-state index is -2.89. The minimum Gasteiger partial charge on any atom is -0.435 e. The Morgan fingerprint density at radius 1 is 1.29 bits per heavy atom. The van der Waals surface area contributed by atoms with Crippen LogP contribution >= 0.6 is 0 Å². The molecule has 0 bridgehead atoms. The van der Waals surface area contributed by atoms with Gasteiger partial charge < -0.3 is 14.3 Å². The van der Waals surface area contributed by atoms with Crippen molar-refractivity contribution in [1.29, 1.82) is 0 Å². The fourth-order valence-corrected chi connectivity index (χ4v) is 4.17. The van der Waals surface area contributed by atoms with Gasteiger partial charge in [0.25, 0.3) is 12.3 Å². The second-order valence-corrected chi connectivity index (χ2v) is 7.90. The van der Waals surface area contributed by atoms with Gasteiger partial charge in [-0.25, -0.2) is 23.3 Å². The Hall–Kier alpha value is -3.56. The lowest BCUT2D eigenvalue weighted by Gasteiger charge is -2.33. The molecule has 1 saturated carbocycles. The molecular formula is C21H18F2N6O2. The first-order chi connectivity index (χ1) is 15.1. The van der Waals surface area contributed by atoms with Crippen molar-refractivity contribution in [3.05, 3.63) is 71.2 Å². The Balaban J connectivity index is 1.45. The lowest BCUT2D eigenvalue weighted by molar-refractivity contribution is 0.0637. The van der Waals surface area contributed by atoms with Gasteiger partial charge in [0.05, 0.1) is 23.2 Å². The van der Waals surface area contributed by atoms with Crippen molar-refractivity contribution in [3.63, 3.8) is 0 Å². The highest BCUT2D eigenvalue weighted by atomic mass is 19.3. The zero-order valence-corrected chi connectivity index (χ0v) is 16.3. The Morgan fingerprint density at radius 2 is 2.16 bits per heavy atom. The molecule has 6 rings (SSSR count). The van der Waals surface area contributed by atoms with Crippen molar-refractivity contribution in [2.75, 3.05) is 6.54 Å². The summed E-state index contributed by atoms with van der Waals surface area (Å²) in [5.74, 6) is -0.761. The molecule has 1 N–H and O–H groups in total. The van der Waals surface area contributed by atoms with Crippen LogP contribution in [0, 0.1) is 0 Å². The highest BCUT2D eigenvalue weighted by molar-refractivity contribution is 5.93. The summed E-state index contributed by atoms with van der Waals surface area (Å²) in [6.45, 7) is 0.314. The van der Waals surface area contributed by atoms with Crippen LogP contribution in [0.15, 0.2) is 41.2 Å². The summed E-state index contributed by atoms with van der Waals surface area (Å²) in [4.78, 5) is 26.5. The normalized spacial score (nSPS) is 18.7. The summed E-state index contributed by atoms with van der Waals surface area (Å²) in [5.41, 5.74) is 2.43. The lowest BCUT2D eigenvalue weighted by atomic mass is 9.99. The van der Waals surface area contributed by atoms with Crippen LogP contribution in [0.5, 0.6) is 0 Å². The minimum absolute atomic E-state index is 0.0209. The Bertz CT molecular complexity index is 1260. The van der Waals surface area contributed by atoms with Crippen LogP contribution in [0.3, 0.4) is 0 Å². The fraction of sp³-hybridized carbons (Fsp3) is 0.333. The molecule has 4 aromatic rings. The van der Waals surface area contributed by atoms with Crippen LogP contribution < -0.4 is 0 Å². The van der Waals surface area contributed by atoms with Crippen LogP contribution in [-0.2, 0) is 6.42 Å². The van der Waals surface area contributed by atoms with Gasteiger partial charge in [0.15, 0.2) is 11.6 Å². The van der Waals surface area contributed by atoms with E-state index in [9.17, 15) is 13.6 Å². The Labute approximate surface area is 174 Å². The van der Waals surface area contributed by atoms with Crippen LogP contribution in [0.1, 0.15) is 70.4 Å². The number of aromatic amines is 1. The van der Waals surface area contributed by atoms with Crippen LogP contribution in [0.25, 0.3) is 5.52 Å². The number of carbonyl (C=O) groups excluding carboxylic acids is 1. The van der Waals surface area contributed by atoms with Gasteiger partial charge in [-0.15, -0.1) is 0 Å². The summed E-state index contributed by atoms with van der Waals surface area (Å²) in [5, 5.41) is 4.62. The number of halogens is 2. The van der Waals surface area contributed by atoms with E-state index >= 15 is 0 Å². The molecule has 2 aliphatic rings. The number of H-pyrrole nitrogens is 1. The molecule has 4 aromatic heterocycles. The first-order valence-electron chi connectivity index (χ1n) is 10.2. The smallest absolute Gasteiger partial charge is 0.292 e. The quantitative estimate of drug-likeness (QED) is 0.540. The number of aromatic nitrogens is 5. The van der Waals surface area contributed by atoms with Crippen molar-refractivity contribution >= 4 is 11.4 Å². The number of nitrogens with one attached hydrogen (secondary N) is 1. The Kier molecular flexibility index (Phi) is 3.95. The number of alkyl halides is 2. The molecule has 0 unspecified atom stereocenters. The van der Waals surface area contributed by atoms with Gasteiger partial charge in [-0.3, -0.25) is 4.79 Å². The number of carbonyl (C=O) groups is 1. The molecule has 0 saturated heterocycles. The number of amides is 1. The summed E-state index contributed by atoms with van der Waals surface area (Å²) in [7, 11) is 0. The molecule has 0 aromatic carbocycles. The highest BCUT2D eigenvalue weighted by Gasteiger charge is 2.41. The molecule has 0 radical (unpaired) electrons. The summed E-state index contributed by atoms with van der Waals surface area (Å²) in [6.07, 6.45) is 2.69. The third-order valence-electron chi connectivity index (χ3n) is 5.85. The molecule has 1 fully saturated rings. The predicted octanol–water partition coefficient (Wildman–Crippen LogP) is 3.65. The molecule has 8 nitrogen and oxygen atoms in total. The molecule has 1 aliphatic heterocycles. The average Bonchev–Trinajstić information content (AvgIpc) is 3.18. The van der Waals surface area contributed by atoms with Gasteiger partial charge in [-0.1, -0.05) is 6.07 Å². The van der Waals surface area contributed by atoms with E-state index in [1.54, 1.807) is 10.8 Å². The van der Waals surface area contributed by atoms with E-state index in [-0.39, 0.29) is 17.6 Å². The number of pyridine rings is 1. The van der Waals surface area contributed by atoms with Crippen molar-refractivity contribution in [2.24, 2.45) is 0 Å². The maximum Gasteiger partial charge on any atom is 0.292 e. The number of hydrogen-bond donors (Lipinski definition) is 1. The Morgan fingerprint density at radius 3 is 2.94 bits per heavy atom. The predicted molar refractivity (Wildman–Crippen MR) is 104 cm³/mol. The highest BCUT2D eigenvalue weighted by Crippen LogP contribution is 2.42. The maximum absolute atomic E-state index is 13.7. The second kappa shape index (κ2) is 6.73. The molecular weight excluding hydrogens is 406 g/mol. The first-order valence-corrected chi connectivity index (χ1v) is 10.2. The third-order valence-corrected chi connectivity index (χ3v) is 5.85. The lowest BCUT2D eigenvalue weighted by Crippen LogP contribution is -2.41. The number of imidazole rings is 1. The third kappa shape index (κ3) is 2.93. The van der Waals surface area contributed by atoms with E-state index in [1.807, 2.05) is 30.5 Å². The molecule has 1 atom stereocenters. The first kappa shape index (κ1) is 18.2. The van der Waals surface area contributed by atoms with E-state index in [4.69, 9.17) is 4.42 Å². The van der Waals surface area contributed by atoms with Crippen LogP contribution in [0.2, 0.25) is 0 Å². The molecule has 10 heteroatoms. The van der Waals surface area contributed by atoms with E-state index < -0.39 is 24.1 Å². The van der Waals surface area contributed by atoms with E-state index in [2.05, 4.69) is 20.1 Å². The molecule has 0 spiro atoms. The van der Waals surface area contributed by atoms with Gasteiger partial charge in [0, 0.05) is 30.8 Å². The van der Waals surface area contributed by atoms with Gasteiger partial charge >= 0.3 is 0 Å². The molecule has 31 heavy (non-hydrogen) atoms. The largest absolute Gasteiger partial charge is 0.435 e. The summed E-state index contributed by atoms with van der Waals surface area (Å²) < 4.78 is 34.7. The zero-order chi connectivity index (χ0) is 21.1.